The van der Waals surface area contributed by atoms with Crippen LogP contribution in [0.5, 0.6) is 0 Å². The largest absolute Gasteiger partial charge is 0.479 e. The third kappa shape index (κ3) is 1.77. The quantitative estimate of drug-likeness (QED) is 0.792. The van der Waals surface area contributed by atoms with E-state index in [4.69, 9.17) is 5.11 Å². The standard InChI is InChI=1S/C11H12N2O3/c1-13-8-5-3-2-4-7(8)12-10(13)6-9(14)11(15)16/h2-5,9,14H,6H2,1H3,(H,15,16). The molecule has 0 aliphatic heterocycles. The molecule has 0 aliphatic rings. The van der Waals surface area contributed by atoms with Crippen molar-refractivity contribution in [2.75, 3.05) is 0 Å². The molecule has 1 heterocycles. The molecule has 1 atom stereocenters. The van der Waals surface area contributed by atoms with Gasteiger partial charge >= 0.3 is 5.97 Å². The van der Waals surface area contributed by atoms with Crippen LogP contribution in [0, 0.1) is 0 Å². The topological polar surface area (TPSA) is 75.4 Å². The number of rotatable bonds is 3. The zero-order valence-corrected chi connectivity index (χ0v) is 8.79. The van der Waals surface area contributed by atoms with Gasteiger partial charge in [-0.1, -0.05) is 12.1 Å². The van der Waals surface area contributed by atoms with E-state index in [0.29, 0.717) is 5.82 Å². The Hall–Kier alpha value is -1.88. The van der Waals surface area contributed by atoms with E-state index < -0.39 is 12.1 Å². The number of aryl methyl sites for hydroxylation is 1. The van der Waals surface area contributed by atoms with Gasteiger partial charge in [-0.05, 0) is 12.1 Å². The van der Waals surface area contributed by atoms with Gasteiger partial charge < -0.3 is 14.8 Å². The van der Waals surface area contributed by atoms with E-state index in [0.717, 1.165) is 11.0 Å². The van der Waals surface area contributed by atoms with Crippen molar-refractivity contribution in [2.45, 2.75) is 12.5 Å². The molecule has 0 saturated heterocycles. The molecule has 5 heteroatoms. The fourth-order valence-electron chi connectivity index (χ4n) is 1.64. The van der Waals surface area contributed by atoms with Gasteiger partial charge in [0.15, 0.2) is 6.10 Å². The highest BCUT2D eigenvalue weighted by molar-refractivity contribution is 5.76. The predicted molar refractivity (Wildman–Crippen MR) is 58.1 cm³/mol. The van der Waals surface area contributed by atoms with Gasteiger partial charge in [-0.2, -0.15) is 0 Å². The Morgan fingerprint density at radius 2 is 2.19 bits per heavy atom. The molecule has 0 saturated carbocycles. The van der Waals surface area contributed by atoms with E-state index in [9.17, 15) is 9.90 Å². The van der Waals surface area contributed by atoms with Crippen molar-refractivity contribution in [1.82, 2.24) is 9.55 Å². The van der Waals surface area contributed by atoms with Crippen LogP contribution in [-0.2, 0) is 18.3 Å². The van der Waals surface area contributed by atoms with Gasteiger partial charge in [0.2, 0.25) is 0 Å². The van der Waals surface area contributed by atoms with Crippen LogP contribution in [0.25, 0.3) is 11.0 Å². The number of carboxylic acids is 1. The van der Waals surface area contributed by atoms with Crippen LogP contribution in [0.15, 0.2) is 24.3 Å². The second kappa shape index (κ2) is 3.94. The Bertz CT molecular complexity index is 533. The smallest absolute Gasteiger partial charge is 0.332 e. The Morgan fingerprint density at radius 1 is 1.50 bits per heavy atom. The lowest BCUT2D eigenvalue weighted by Gasteiger charge is -2.05. The van der Waals surface area contributed by atoms with E-state index in [1.54, 1.807) is 11.6 Å². The second-order valence-corrected chi connectivity index (χ2v) is 3.63. The molecule has 84 valence electrons. The maximum Gasteiger partial charge on any atom is 0.332 e. The van der Waals surface area contributed by atoms with E-state index in [1.165, 1.54) is 0 Å². The minimum Gasteiger partial charge on any atom is -0.479 e. The predicted octanol–water partition coefficient (Wildman–Crippen LogP) is 0.561. The second-order valence-electron chi connectivity index (χ2n) is 3.63. The third-order valence-corrected chi connectivity index (χ3v) is 2.54. The zero-order valence-electron chi connectivity index (χ0n) is 8.79. The van der Waals surface area contributed by atoms with Crippen LogP contribution in [0.1, 0.15) is 5.82 Å². The van der Waals surface area contributed by atoms with Crippen molar-refractivity contribution < 1.29 is 15.0 Å². The van der Waals surface area contributed by atoms with Crippen LogP contribution in [-0.4, -0.2) is 31.8 Å². The summed E-state index contributed by atoms with van der Waals surface area (Å²) in [7, 11) is 1.80. The van der Waals surface area contributed by atoms with Crippen molar-refractivity contribution in [3.05, 3.63) is 30.1 Å². The molecule has 16 heavy (non-hydrogen) atoms. The van der Waals surface area contributed by atoms with Gasteiger partial charge in [-0.25, -0.2) is 9.78 Å². The lowest BCUT2D eigenvalue weighted by atomic mass is 10.2. The van der Waals surface area contributed by atoms with Gasteiger partial charge in [0, 0.05) is 13.5 Å². The number of carboxylic acid groups (broad SMARTS) is 1. The summed E-state index contributed by atoms with van der Waals surface area (Å²) < 4.78 is 1.79. The van der Waals surface area contributed by atoms with Gasteiger partial charge in [0.05, 0.1) is 11.0 Å². The number of hydrogen-bond donors (Lipinski definition) is 2. The molecule has 0 amide bonds. The normalized spacial score (nSPS) is 12.9. The first-order valence-corrected chi connectivity index (χ1v) is 4.91. The molecule has 1 aromatic heterocycles. The van der Waals surface area contributed by atoms with Crippen molar-refractivity contribution in [1.29, 1.82) is 0 Å². The number of hydrogen-bond acceptors (Lipinski definition) is 3. The molecule has 0 radical (unpaired) electrons. The van der Waals surface area contributed by atoms with Crippen molar-refractivity contribution in [2.24, 2.45) is 7.05 Å². The van der Waals surface area contributed by atoms with Crippen LogP contribution in [0.3, 0.4) is 0 Å². The molecular weight excluding hydrogens is 208 g/mol. The summed E-state index contributed by atoms with van der Waals surface area (Å²) >= 11 is 0. The highest BCUT2D eigenvalue weighted by Crippen LogP contribution is 2.15. The molecule has 0 spiro atoms. The van der Waals surface area contributed by atoms with Crippen LogP contribution in [0.4, 0.5) is 0 Å². The minimum atomic E-state index is -1.41. The number of nitrogens with zero attached hydrogens (tertiary/aromatic N) is 2. The van der Waals surface area contributed by atoms with Crippen molar-refractivity contribution in [3.8, 4) is 0 Å². The number of benzene rings is 1. The Kier molecular flexibility index (Phi) is 2.62. The fourth-order valence-corrected chi connectivity index (χ4v) is 1.64. The SMILES string of the molecule is Cn1c(CC(O)C(=O)O)nc2ccccc21. The highest BCUT2D eigenvalue weighted by atomic mass is 16.4. The zero-order chi connectivity index (χ0) is 11.7. The Labute approximate surface area is 92.0 Å². The molecule has 2 aromatic rings. The number of fused-ring (bicyclic) bond motifs is 1. The number of imidazole rings is 1. The van der Waals surface area contributed by atoms with Crippen LogP contribution >= 0.6 is 0 Å². The summed E-state index contributed by atoms with van der Waals surface area (Å²) in [5.74, 6) is -0.664. The number of aliphatic hydroxyl groups is 1. The van der Waals surface area contributed by atoms with Gasteiger partial charge in [0.25, 0.3) is 0 Å². The summed E-state index contributed by atoms with van der Waals surface area (Å²) in [5, 5.41) is 17.9. The molecule has 0 bridgehead atoms. The molecular formula is C11H12N2O3. The molecule has 1 unspecified atom stereocenters. The lowest BCUT2D eigenvalue weighted by molar-refractivity contribution is -0.146. The van der Waals surface area contributed by atoms with Gasteiger partial charge in [0.1, 0.15) is 5.82 Å². The summed E-state index contributed by atoms with van der Waals surface area (Å²) in [6.07, 6.45) is -1.39. The molecule has 2 rings (SSSR count). The van der Waals surface area contributed by atoms with Gasteiger partial charge in [-0.3, -0.25) is 0 Å². The van der Waals surface area contributed by atoms with E-state index in [2.05, 4.69) is 4.98 Å². The molecule has 0 fully saturated rings. The first-order chi connectivity index (χ1) is 7.59. The number of aromatic nitrogens is 2. The lowest BCUT2D eigenvalue weighted by Crippen LogP contribution is -2.23. The van der Waals surface area contributed by atoms with E-state index in [1.807, 2.05) is 24.3 Å². The van der Waals surface area contributed by atoms with E-state index >= 15 is 0 Å². The Morgan fingerprint density at radius 3 is 2.81 bits per heavy atom. The average Bonchev–Trinajstić information content (AvgIpc) is 2.56. The first kappa shape index (κ1) is 10.6. The fraction of sp³-hybridized carbons (Fsp3) is 0.273. The number of aliphatic hydroxyl groups excluding tert-OH is 1. The van der Waals surface area contributed by atoms with E-state index in [-0.39, 0.29) is 6.42 Å². The number of carbonyl (C=O) groups is 1. The maximum atomic E-state index is 10.5. The Balaban J connectivity index is 2.38. The van der Waals surface area contributed by atoms with Crippen LogP contribution < -0.4 is 0 Å². The van der Waals surface area contributed by atoms with Crippen molar-refractivity contribution >= 4 is 17.0 Å². The van der Waals surface area contributed by atoms with Crippen LogP contribution in [0.2, 0.25) is 0 Å². The summed E-state index contributed by atoms with van der Waals surface area (Å²) in [6.45, 7) is 0. The number of para-hydroxylation sites is 2. The highest BCUT2D eigenvalue weighted by Gasteiger charge is 2.17. The minimum absolute atomic E-state index is 0.0144. The monoisotopic (exact) mass is 220 g/mol. The molecule has 5 nitrogen and oxygen atoms in total. The molecule has 2 N–H and O–H groups in total. The average molecular weight is 220 g/mol. The molecule has 0 aliphatic carbocycles. The number of aliphatic carboxylic acids is 1. The third-order valence-electron chi connectivity index (χ3n) is 2.54. The summed E-state index contributed by atoms with van der Waals surface area (Å²) in [5.41, 5.74) is 1.73. The maximum absolute atomic E-state index is 10.5. The van der Waals surface area contributed by atoms with Crippen molar-refractivity contribution in [3.63, 3.8) is 0 Å². The first-order valence-electron chi connectivity index (χ1n) is 4.91. The summed E-state index contributed by atoms with van der Waals surface area (Å²) in [4.78, 5) is 14.8. The molecule has 1 aromatic carbocycles. The summed E-state index contributed by atoms with van der Waals surface area (Å²) in [6, 6.07) is 7.51. The van der Waals surface area contributed by atoms with Gasteiger partial charge in [-0.15, -0.1) is 0 Å².